The number of H-pyrrole nitrogens is 1. The van der Waals surface area contributed by atoms with Gasteiger partial charge in [0.25, 0.3) is 0 Å². The molecular weight excluding hydrogens is 248 g/mol. The highest BCUT2D eigenvalue weighted by atomic mass is 16.4. The van der Waals surface area contributed by atoms with Gasteiger partial charge in [0.15, 0.2) is 11.5 Å². The van der Waals surface area contributed by atoms with Gasteiger partial charge in [0, 0.05) is 12.6 Å². The summed E-state index contributed by atoms with van der Waals surface area (Å²) >= 11 is 0. The zero-order valence-electron chi connectivity index (χ0n) is 9.82. The van der Waals surface area contributed by atoms with Crippen LogP contribution in [0.15, 0.2) is 24.5 Å². The van der Waals surface area contributed by atoms with Gasteiger partial charge in [-0.15, -0.1) is 10.2 Å². The first-order valence-corrected chi connectivity index (χ1v) is 5.66. The molecule has 0 amide bonds. The van der Waals surface area contributed by atoms with Crippen molar-refractivity contribution in [2.75, 3.05) is 0 Å². The number of imidazole rings is 1. The Labute approximate surface area is 107 Å². The maximum Gasteiger partial charge on any atom is 0.354 e. The van der Waals surface area contributed by atoms with E-state index >= 15 is 0 Å². The van der Waals surface area contributed by atoms with E-state index in [9.17, 15) is 4.79 Å². The lowest BCUT2D eigenvalue weighted by Crippen LogP contribution is -2.03. The Morgan fingerprint density at radius 1 is 1.42 bits per heavy atom. The Morgan fingerprint density at radius 2 is 2.32 bits per heavy atom. The molecule has 0 atom stereocenters. The second-order valence-electron chi connectivity index (χ2n) is 4.00. The number of hydrogen-bond acceptors (Lipinski definition) is 5. The number of aryl methyl sites for hydroxylation is 2. The van der Waals surface area contributed by atoms with Crippen LogP contribution in [0.25, 0.3) is 5.65 Å². The van der Waals surface area contributed by atoms with E-state index in [1.807, 2.05) is 6.07 Å². The average molecular weight is 258 g/mol. The number of nitrogens with zero attached hydrogens (tertiary/aromatic N) is 5. The zero-order chi connectivity index (χ0) is 13.2. The van der Waals surface area contributed by atoms with Crippen LogP contribution < -0.4 is 0 Å². The summed E-state index contributed by atoms with van der Waals surface area (Å²) in [6.07, 6.45) is 4.32. The highest BCUT2D eigenvalue weighted by Crippen LogP contribution is 2.14. The van der Waals surface area contributed by atoms with Crippen molar-refractivity contribution >= 4 is 11.6 Å². The van der Waals surface area contributed by atoms with Crippen LogP contribution in [0.1, 0.15) is 21.9 Å². The summed E-state index contributed by atoms with van der Waals surface area (Å²) in [6.45, 7) is 0. The first-order chi connectivity index (χ1) is 9.25. The highest BCUT2D eigenvalue weighted by molar-refractivity contribution is 5.86. The number of aromatic amines is 1. The lowest BCUT2D eigenvalue weighted by atomic mass is 10.1. The van der Waals surface area contributed by atoms with Crippen molar-refractivity contribution in [1.82, 2.24) is 30.0 Å². The Bertz CT molecular complexity index is 718. The summed E-state index contributed by atoms with van der Waals surface area (Å²) in [7, 11) is 0. The first kappa shape index (κ1) is 11.3. The Balaban J connectivity index is 1.93. The summed E-state index contributed by atoms with van der Waals surface area (Å²) in [5, 5.41) is 22.7. The molecule has 19 heavy (non-hydrogen) atoms. The monoisotopic (exact) mass is 258 g/mol. The minimum Gasteiger partial charge on any atom is -0.477 e. The summed E-state index contributed by atoms with van der Waals surface area (Å²) < 4.78 is 1.56. The van der Waals surface area contributed by atoms with Crippen LogP contribution in [0.5, 0.6) is 0 Å². The van der Waals surface area contributed by atoms with Crippen LogP contribution in [-0.4, -0.2) is 41.1 Å². The molecule has 0 aliphatic rings. The van der Waals surface area contributed by atoms with Gasteiger partial charge in [-0.05, 0) is 18.1 Å². The minimum atomic E-state index is -0.997. The lowest BCUT2D eigenvalue weighted by molar-refractivity contribution is 0.0689. The Kier molecular flexibility index (Phi) is 2.67. The number of fused-ring (bicyclic) bond motifs is 1. The number of pyridine rings is 1. The molecule has 0 saturated heterocycles. The number of carboxylic acids is 1. The number of carbonyl (C=O) groups is 1. The highest BCUT2D eigenvalue weighted by Gasteiger charge is 2.12. The third kappa shape index (κ3) is 2.03. The molecule has 8 nitrogen and oxygen atoms in total. The molecule has 0 unspecified atom stereocenters. The summed E-state index contributed by atoms with van der Waals surface area (Å²) in [5.74, 6) is -0.380. The SMILES string of the molecule is O=C(O)c1cnc2c(CCc3nn[nH]n3)cccn12. The predicted octanol–water partition coefficient (Wildman–Crippen LogP) is 0.331. The van der Waals surface area contributed by atoms with Gasteiger partial charge in [-0.1, -0.05) is 11.3 Å². The molecule has 96 valence electrons. The fourth-order valence-electron chi connectivity index (χ4n) is 1.96. The van der Waals surface area contributed by atoms with Crippen LogP contribution in [0.3, 0.4) is 0 Å². The quantitative estimate of drug-likeness (QED) is 0.698. The van der Waals surface area contributed by atoms with Gasteiger partial charge in [0.1, 0.15) is 5.65 Å². The molecule has 3 heterocycles. The third-order valence-electron chi connectivity index (χ3n) is 2.84. The standard InChI is InChI=1S/C11H10N6O2/c18-11(19)8-6-12-10-7(2-1-5-17(8)10)3-4-9-13-15-16-14-9/h1-2,5-6H,3-4H2,(H,18,19)(H,13,14,15,16). The van der Waals surface area contributed by atoms with Crippen LogP contribution in [0, 0.1) is 0 Å². The van der Waals surface area contributed by atoms with Crippen molar-refractivity contribution in [3.05, 3.63) is 41.6 Å². The normalized spacial score (nSPS) is 10.9. The molecule has 3 rings (SSSR count). The van der Waals surface area contributed by atoms with Crippen molar-refractivity contribution in [1.29, 1.82) is 0 Å². The van der Waals surface area contributed by atoms with Gasteiger partial charge >= 0.3 is 5.97 Å². The van der Waals surface area contributed by atoms with Crippen molar-refractivity contribution < 1.29 is 9.90 Å². The number of aromatic nitrogens is 6. The maximum absolute atomic E-state index is 11.0. The number of nitrogens with one attached hydrogen (secondary N) is 1. The molecule has 3 aromatic heterocycles. The number of hydrogen-bond donors (Lipinski definition) is 2. The van der Waals surface area contributed by atoms with Gasteiger partial charge in [-0.3, -0.25) is 4.40 Å². The van der Waals surface area contributed by atoms with E-state index in [2.05, 4.69) is 25.6 Å². The molecule has 0 fully saturated rings. The van der Waals surface area contributed by atoms with Gasteiger partial charge < -0.3 is 5.11 Å². The smallest absolute Gasteiger partial charge is 0.354 e. The van der Waals surface area contributed by atoms with E-state index in [4.69, 9.17) is 5.11 Å². The topological polar surface area (TPSA) is 109 Å². The molecule has 8 heteroatoms. The van der Waals surface area contributed by atoms with Crippen LogP contribution >= 0.6 is 0 Å². The zero-order valence-corrected chi connectivity index (χ0v) is 9.82. The molecule has 0 spiro atoms. The third-order valence-corrected chi connectivity index (χ3v) is 2.84. The Hall–Kier alpha value is -2.77. The van der Waals surface area contributed by atoms with Crippen molar-refractivity contribution in [3.8, 4) is 0 Å². The van der Waals surface area contributed by atoms with E-state index in [0.717, 1.165) is 5.56 Å². The summed E-state index contributed by atoms with van der Waals surface area (Å²) in [6, 6.07) is 3.71. The maximum atomic E-state index is 11.0. The second kappa shape index (κ2) is 4.48. The first-order valence-electron chi connectivity index (χ1n) is 5.66. The van der Waals surface area contributed by atoms with Gasteiger partial charge in [-0.2, -0.15) is 5.21 Å². The van der Waals surface area contributed by atoms with Crippen LogP contribution in [0.4, 0.5) is 0 Å². The molecular formula is C11H10N6O2. The lowest BCUT2D eigenvalue weighted by Gasteiger charge is -2.02. The molecule has 0 radical (unpaired) electrons. The largest absolute Gasteiger partial charge is 0.477 e. The van der Waals surface area contributed by atoms with Gasteiger partial charge in [-0.25, -0.2) is 9.78 Å². The minimum absolute atomic E-state index is 0.149. The van der Waals surface area contributed by atoms with E-state index in [-0.39, 0.29) is 5.69 Å². The van der Waals surface area contributed by atoms with E-state index in [1.165, 1.54) is 6.20 Å². The predicted molar refractivity (Wildman–Crippen MR) is 63.7 cm³/mol. The number of carboxylic acid groups (broad SMARTS) is 1. The molecule has 2 N–H and O–H groups in total. The van der Waals surface area contributed by atoms with Crippen molar-refractivity contribution in [3.63, 3.8) is 0 Å². The second-order valence-corrected chi connectivity index (χ2v) is 4.00. The number of rotatable bonds is 4. The van der Waals surface area contributed by atoms with Crippen molar-refractivity contribution in [2.24, 2.45) is 0 Å². The average Bonchev–Trinajstić information content (AvgIpc) is 3.05. The van der Waals surface area contributed by atoms with Crippen molar-refractivity contribution in [2.45, 2.75) is 12.8 Å². The van der Waals surface area contributed by atoms with E-state index in [0.29, 0.717) is 24.3 Å². The van der Waals surface area contributed by atoms with E-state index < -0.39 is 5.97 Å². The van der Waals surface area contributed by atoms with Crippen LogP contribution in [0.2, 0.25) is 0 Å². The number of tetrazole rings is 1. The molecule has 0 aliphatic heterocycles. The summed E-state index contributed by atoms with van der Waals surface area (Å²) in [5.41, 5.74) is 1.74. The molecule has 0 aromatic carbocycles. The molecule has 0 saturated carbocycles. The van der Waals surface area contributed by atoms with Gasteiger partial charge in [0.05, 0.1) is 6.20 Å². The molecule has 3 aromatic rings. The number of aromatic carboxylic acids is 1. The molecule has 0 bridgehead atoms. The fourth-order valence-corrected chi connectivity index (χ4v) is 1.96. The molecule has 0 aliphatic carbocycles. The van der Waals surface area contributed by atoms with Gasteiger partial charge in [0.2, 0.25) is 0 Å². The summed E-state index contributed by atoms with van der Waals surface area (Å²) in [4.78, 5) is 15.2. The Morgan fingerprint density at radius 3 is 3.05 bits per heavy atom. The van der Waals surface area contributed by atoms with E-state index in [1.54, 1.807) is 16.7 Å². The fraction of sp³-hybridized carbons (Fsp3) is 0.182. The van der Waals surface area contributed by atoms with Crippen LogP contribution in [-0.2, 0) is 12.8 Å².